The standard InChI is InChI=1S/C11H13FN4O/c1-17-11-6-9(2-3-10(11)12)16-7-8(4-5-13)14-15-16/h2-3,6-7H,4-5,13H2,1H3. The number of benzene rings is 1. The molecule has 0 bridgehead atoms. The van der Waals surface area contributed by atoms with Gasteiger partial charge in [0.15, 0.2) is 11.6 Å². The minimum atomic E-state index is -0.404. The van der Waals surface area contributed by atoms with E-state index in [0.29, 0.717) is 18.7 Å². The van der Waals surface area contributed by atoms with Crippen LogP contribution in [0, 0.1) is 5.82 Å². The van der Waals surface area contributed by atoms with Crippen molar-refractivity contribution < 1.29 is 9.13 Å². The van der Waals surface area contributed by atoms with Crippen LogP contribution in [0.4, 0.5) is 4.39 Å². The Labute approximate surface area is 98.0 Å². The van der Waals surface area contributed by atoms with E-state index in [-0.39, 0.29) is 5.75 Å². The van der Waals surface area contributed by atoms with Gasteiger partial charge >= 0.3 is 0 Å². The van der Waals surface area contributed by atoms with Crippen molar-refractivity contribution in [2.45, 2.75) is 6.42 Å². The lowest BCUT2D eigenvalue weighted by Crippen LogP contribution is -2.02. The summed E-state index contributed by atoms with van der Waals surface area (Å²) in [6, 6.07) is 4.51. The lowest BCUT2D eigenvalue weighted by molar-refractivity contribution is 0.386. The molecule has 6 heteroatoms. The first kappa shape index (κ1) is 11.5. The summed E-state index contributed by atoms with van der Waals surface area (Å²) >= 11 is 0. The Hall–Kier alpha value is -1.95. The minimum absolute atomic E-state index is 0.179. The van der Waals surface area contributed by atoms with Crippen LogP contribution >= 0.6 is 0 Å². The maximum absolute atomic E-state index is 13.2. The van der Waals surface area contributed by atoms with Gasteiger partial charge < -0.3 is 10.5 Å². The third-order valence-corrected chi connectivity index (χ3v) is 2.34. The number of hydrogen-bond donors (Lipinski definition) is 1. The van der Waals surface area contributed by atoms with Crippen LogP contribution in [0.1, 0.15) is 5.69 Å². The van der Waals surface area contributed by atoms with Crippen LogP contribution in [-0.2, 0) is 6.42 Å². The molecule has 0 aliphatic rings. The molecule has 0 saturated heterocycles. The van der Waals surface area contributed by atoms with Gasteiger partial charge in [-0.1, -0.05) is 5.21 Å². The second-order valence-corrected chi connectivity index (χ2v) is 3.51. The van der Waals surface area contributed by atoms with E-state index in [1.54, 1.807) is 23.0 Å². The van der Waals surface area contributed by atoms with Crippen LogP contribution < -0.4 is 10.5 Å². The van der Waals surface area contributed by atoms with Crippen LogP contribution in [-0.4, -0.2) is 28.6 Å². The van der Waals surface area contributed by atoms with Crippen molar-refractivity contribution in [3.63, 3.8) is 0 Å². The molecule has 0 saturated carbocycles. The molecule has 0 amide bonds. The fourth-order valence-corrected chi connectivity index (χ4v) is 1.48. The molecule has 0 radical (unpaired) electrons. The Bertz CT molecular complexity index is 512. The zero-order valence-electron chi connectivity index (χ0n) is 9.43. The fourth-order valence-electron chi connectivity index (χ4n) is 1.48. The van der Waals surface area contributed by atoms with E-state index >= 15 is 0 Å². The van der Waals surface area contributed by atoms with Crippen LogP contribution in [0.3, 0.4) is 0 Å². The average molecular weight is 236 g/mol. The van der Waals surface area contributed by atoms with Gasteiger partial charge in [-0.25, -0.2) is 9.07 Å². The summed E-state index contributed by atoms with van der Waals surface area (Å²) in [4.78, 5) is 0. The summed E-state index contributed by atoms with van der Waals surface area (Å²) in [7, 11) is 1.42. The second-order valence-electron chi connectivity index (χ2n) is 3.51. The molecule has 2 rings (SSSR count). The molecule has 0 atom stereocenters. The Morgan fingerprint density at radius 2 is 2.29 bits per heavy atom. The van der Waals surface area contributed by atoms with Crippen molar-refractivity contribution in [2.24, 2.45) is 5.73 Å². The number of aromatic nitrogens is 3. The molecule has 2 N–H and O–H groups in total. The van der Waals surface area contributed by atoms with E-state index in [9.17, 15) is 4.39 Å². The molecule has 17 heavy (non-hydrogen) atoms. The molecule has 1 aromatic heterocycles. The molecule has 0 unspecified atom stereocenters. The maximum atomic E-state index is 13.2. The minimum Gasteiger partial charge on any atom is -0.494 e. The first-order valence-corrected chi connectivity index (χ1v) is 5.20. The topological polar surface area (TPSA) is 66.0 Å². The Morgan fingerprint density at radius 1 is 1.47 bits per heavy atom. The van der Waals surface area contributed by atoms with Crippen molar-refractivity contribution >= 4 is 0 Å². The van der Waals surface area contributed by atoms with E-state index < -0.39 is 5.82 Å². The Balaban J connectivity index is 2.32. The van der Waals surface area contributed by atoms with E-state index in [1.807, 2.05) is 0 Å². The lowest BCUT2D eigenvalue weighted by Gasteiger charge is -2.04. The molecule has 90 valence electrons. The molecule has 2 aromatic rings. The molecular formula is C11H13FN4O. The van der Waals surface area contributed by atoms with Gasteiger partial charge in [0.05, 0.1) is 24.7 Å². The monoisotopic (exact) mass is 236 g/mol. The predicted octanol–water partition coefficient (Wildman–Crippen LogP) is 0.916. The number of halogens is 1. The van der Waals surface area contributed by atoms with Crippen LogP contribution in [0.2, 0.25) is 0 Å². The lowest BCUT2D eigenvalue weighted by atomic mass is 10.3. The first-order valence-electron chi connectivity index (χ1n) is 5.20. The second kappa shape index (κ2) is 4.92. The summed E-state index contributed by atoms with van der Waals surface area (Å²) in [6.45, 7) is 0.519. The Kier molecular flexibility index (Phi) is 3.34. The van der Waals surface area contributed by atoms with Crippen molar-refractivity contribution in [2.75, 3.05) is 13.7 Å². The first-order chi connectivity index (χ1) is 8.24. The van der Waals surface area contributed by atoms with Gasteiger partial charge in [-0.2, -0.15) is 0 Å². The van der Waals surface area contributed by atoms with Gasteiger partial charge in [-0.3, -0.25) is 0 Å². The van der Waals surface area contributed by atoms with E-state index in [1.165, 1.54) is 13.2 Å². The third kappa shape index (κ3) is 2.42. The van der Waals surface area contributed by atoms with Gasteiger partial charge in [0.1, 0.15) is 0 Å². The van der Waals surface area contributed by atoms with Gasteiger partial charge in [0, 0.05) is 12.5 Å². The summed E-state index contributed by atoms with van der Waals surface area (Å²) in [5, 5.41) is 7.90. The smallest absolute Gasteiger partial charge is 0.165 e. The quantitative estimate of drug-likeness (QED) is 0.857. The van der Waals surface area contributed by atoms with Crippen molar-refractivity contribution in [3.05, 3.63) is 35.9 Å². The van der Waals surface area contributed by atoms with Gasteiger partial charge in [-0.05, 0) is 18.7 Å². The highest BCUT2D eigenvalue weighted by Crippen LogP contribution is 2.20. The number of ether oxygens (including phenoxy) is 1. The van der Waals surface area contributed by atoms with Crippen molar-refractivity contribution in [1.29, 1.82) is 0 Å². The molecule has 1 heterocycles. The molecule has 0 spiro atoms. The zero-order chi connectivity index (χ0) is 12.3. The highest BCUT2D eigenvalue weighted by Gasteiger charge is 2.07. The SMILES string of the molecule is COc1cc(-n2cc(CCN)nn2)ccc1F. The van der Waals surface area contributed by atoms with E-state index in [0.717, 1.165) is 5.69 Å². The number of rotatable bonds is 4. The number of nitrogens with two attached hydrogens (primary N) is 1. The maximum Gasteiger partial charge on any atom is 0.165 e. The summed E-state index contributed by atoms with van der Waals surface area (Å²) < 4.78 is 19.7. The average Bonchev–Trinajstić information content (AvgIpc) is 2.79. The molecule has 0 fully saturated rings. The van der Waals surface area contributed by atoms with Gasteiger partial charge in [-0.15, -0.1) is 5.10 Å². The summed E-state index contributed by atoms with van der Waals surface area (Å²) in [5.41, 5.74) is 6.92. The van der Waals surface area contributed by atoms with Crippen LogP contribution in [0.15, 0.2) is 24.4 Å². The zero-order valence-corrected chi connectivity index (χ0v) is 9.43. The fraction of sp³-hybridized carbons (Fsp3) is 0.273. The number of nitrogens with zero attached hydrogens (tertiary/aromatic N) is 3. The summed E-state index contributed by atoms with van der Waals surface area (Å²) in [5.74, 6) is -0.225. The molecular weight excluding hydrogens is 223 g/mol. The van der Waals surface area contributed by atoms with Crippen molar-refractivity contribution in [1.82, 2.24) is 15.0 Å². The highest BCUT2D eigenvalue weighted by atomic mass is 19.1. The van der Waals surface area contributed by atoms with Gasteiger partial charge in [0.2, 0.25) is 0 Å². The van der Waals surface area contributed by atoms with Crippen molar-refractivity contribution in [3.8, 4) is 11.4 Å². The van der Waals surface area contributed by atoms with Crippen LogP contribution in [0.5, 0.6) is 5.75 Å². The predicted molar refractivity (Wildman–Crippen MR) is 60.6 cm³/mol. The van der Waals surface area contributed by atoms with Gasteiger partial charge in [0.25, 0.3) is 0 Å². The highest BCUT2D eigenvalue weighted by molar-refractivity contribution is 5.39. The normalized spacial score (nSPS) is 10.5. The molecule has 5 nitrogen and oxygen atoms in total. The largest absolute Gasteiger partial charge is 0.494 e. The molecule has 1 aromatic carbocycles. The van der Waals surface area contributed by atoms with Crippen LogP contribution in [0.25, 0.3) is 5.69 Å². The number of hydrogen-bond acceptors (Lipinski definition) is 4. The molecule has 0 aliphatic heterocycles. The third-order valence-electron chi connectivity index (χ3n) is 2.34. The van der Waals surface area contributed by atoms with E-state index in [4.69, 9.17) is 10.5 Å². The summed E-state index contributed by atoms with van der Waals surface area (Å²) in [6.07, 6.45) is 2.43. The molecule has 0 aliphatic carbocycles. The Morgan fingerprint density at radius 3 is 3.00 bits per heavy atom. The van der Waals surface area contributed by atoms with E-state index in [2.05, 4.69) is 10.3 Å². The number of methoxy groups -OCH3 is 1.